The highest BCUT2D eigenvalue weighted by Crippen LogP contribution is 2.28. The van der Waals surface area contributed by atoms with Gasteiger partial charge >= 0.3 is 0 Å². The molecule has 21 heavy (non-hydrogen) atoms. The highest BCUT2D eigenvalue weighted by atomic mass is 32.2. The van der Waals surface area contributed by atoms with E-state index in [-0.39, 0.29) is 16.7 Å². The topological polar surface area (TPSA) is 98.5 Å². The van der Waals surface area contributed by atoms with Crippen LogP contribution >= 0.6 is 0 Å². The van der Waals surface area contributed by atoms with Crippen molar-refractivity contribution >= 4 is 21.6 Å². The van der Waals surface area contributed by atoms with Crippen LogP contribution in [0.4, 0.5) is 5.69 Å². The predicted molar refractivity (Wildman–Crippen MR) is 79.5 cm³/mol. The Morgan fingerprint density at radius 2 is 2.24 bits per heavy atom. The van der Waals surface area contributed by atoms with Crippen molar-refractivity contribution in [3.8, 4) is 5.75 Å². The molecule has 0 fully saturated rings. The lowest BCUT2D eigenvalue weighted by molar-refractivity contribution is -0.116. The Kier molecular flexibility index (Phi) is 4.64. The Morgan fingerprint density at radius 1 is 1.48 bits per heavy atom. The molecule has 1 amide bonds. The summed E-state index contributed by atoms with van der Waals surface area (Å²) in [7, 11) is -2.38. The quantitative estimate of drug-likeness (QED) is 0.808. The van der Waals surface area contributed by atoms with E-state index in [1.165, 1.54) is 25.3 Å². The lowest BCUT2D eigenvalue weighted by atomic mass is 10.1. The molecule has 0 bridgehead atoms. The number of rotatable bonds is 5. The number of carbonyl (C=O) groups excluding carboxylic acids is 1. The lowest BCUT2D eigenvalue weighted by Crippen LogP contribution is -2.17. The molecule has 1 aromatic rings. The van der Waals surface area contributed by atoms with Gasteiger partial charge in [0.25, 0.3) is 0 Å². The second-order valence-corrected chi connectivity index (χ2v) is 6.49. The molecule has 1 aromatic carbocycles. The average Bonchev–Trinajstić information content (AvgIpc) is 2.90. The fourth-order valence-electron chi connectivity index (χ4n) is 2.27. The van der Waals surface area contributed by atoms with Crippen molar-refractivity contribution in [2.24, 2.45) is 11.1 Å². The Hall–Kier alpha value is -1.86. The van der Waals surface area contributed by atoms with Crippen LogP contribution in [0.5, 0.6) is 5.75 Å². The van der Waals surface area contributed by atoms with Gasteiger partial charge < -0.3 is 10.1 Å². The van der Waals surface area contributed by atoms with Crippen LogP contribution in [0.25, 0.3) is 0 Å². The second kappa shape index (κ2) is 6.28. The van der Waals surface area contributed by atoms with E-state index >= 15 is 0 Å². The van der Waals surface area contributed by atoms with E-state index in [1.54, 1.807) is 0 Å². The highest BCUT2D eigenvalue weighted by molar-refractivity contribution is 7.89. The smallest absolute Gasteiger partial charge is 0.238 e. The van der Waals surface area contributed by atoms with Crippen LogP contribution < -0.4 is 15.2 Å². The largest absolute Gasteiger partial charge is 0.495 e. The minimum absolute atomic E-state index is 0.0700. The molecule has 3 N–H and O–H groups in total. The van der Waals surface area contributed by atoms with Crippen LogP contribution in [0.3, 0.4) is 0 Å². The molecule has 0 saturated heterocycles. The molecule has 0 aliphatic heterocycles. The van der Waals surface area contributed by atoms with Crippen molar-refractivity contribution in [3.05, 3.63) is 30.4 Å². The molecule has 7 heteroatoms. The molecule has 0 spiro atoms. The van der Waals surface area contributed by atoms with E-state index in [9.17, 15) is 13.2 Å². The molecule has 1 aliphatic carbocycles. The first-order valence-corrected chi connectivity index (χ1v) is 8.12. The standard InChI is InChI=1S/C14H18N2O4S/c1-20-13-7-6-11(21(15,18)19)9-12(13)16-14(17)8-10-4-2-3-5-10/h2,4,6-7,9-10H,3,5,8H2,1H3,(H,16,17)(H2,15,18,19)/t10-/m0/s1. The molecule has 114 valence electrons. The zero-order valence-electron chi connectivity index (χ0n) is 11.7. The Labute approximate surface area is 124 Å². The van der Waals surface area contributed by atoms with Gasteiger partial charge in [0.05, 0.1) is 17.7 Å². The van der Waals surface area contributed by atoms with Crippen LogP contribution in [-0.4, -0.2) is 21.4 Å². The number of allylic oxidation sites excluding steroid dienone is 2. The van der Waals surface area contributed by atoms with E-state index < -0.39 is 10.0 Å². The third-order valence-electron chi connectivity index (χ3n) is 3.33. The van der Waals surface area contributed by atoms with Crippen molar-refractivity contribution in [2.75, 3.05) is 12.4 Å². The van der Waals surface area contributed by atoms with Crippen LogP contribution in [0, 0.1) is 5.92 Å². The van der Waals surface area contributed by atoms with E-state index in [0.717, 1.165) is 12.8 Å². The van der Waals surface area contributed by atoms with Gasteiger partial charge in [0.15, 0.2) is 0 Å². The SMILES string of the molecule is COc1ccc(S(N)(=O)=O)cc1NC(=O)C[C@H]1C=CCC1. The summed E-state index contributed by atoms with van der Waals surface area (Å²) in [4.78, 5) is 11.9. The molecular weight excluding hydrogens is 292 g/mol. The maximum Gasteiger partial charge on any atom is 0.238 e. The third kappa shape index (κ3) is 4.05. The number of hydrogen-bond acceptors (Lipinski definition) is 4. The third-order valence-corrected chi connectivity index (χ3v) is 4.24. The van der Waals surface area contributed by atoms with Gasteiger partial charge in [-0.05, 0) is 37.0 Å². The van der Waals surface area contributed by atoms with Gasteiger partial charge in [0.1, 0.15) is 5.75 Å². The number of anilines is 1. The van der Waals surface area contributed by atoms with E-state index in [1.807, 2.05) is 6.08 Å². The predicted octanol–water partition coefficient (Wildman–Crippen LogP) is 1.64. The first kappa shape index (κ1) is 15.5. The van der Waals surface area contributed by atoms with Crippen LogP contribution in [0.2, 0.25) is 0 Å². The number of amides is 1. The number of sulfonamides is 1. The maximum absolute atomic E-state index is 12.0. The normalized spacial score (nSPS) is 17.7. The molecule has 6 nitrogen and oxygen atoms in total. The van der Waals surface area contributed by atoms with Crippen LogP contribution in [0.15, 0.2) is 35.2 Å². The average molecular weight is 310 g/mol. The number of primary sulfonamides is 1. The number of nitrogens with one attached hydrogen (secondary N) is 1. The van der Waals surface area contributed by atoms with Crippen molar-refractivity contribution in [2.45, 2.75) is 24.2 Å². The van der Waals surface area contributed by atoms with Gasteiger partial charge in [0.2, 0.25) is 15.9 Å². The first-order chi connectivity index (χ1) is 9.90. The molecule has 0 aromatic heterocycles. The zero-order valence-corrected chi connectivity index (χ0v) is 12.5. The van der Waals surface area contributed by atoms with Crippen LogP contribution in [0.1, 0.15) is 19.3 Å². The first-order valence-electron chi connectivity index (χ1n) is 6.57. The summed E-state index contributed by atoms with van der Waals surface area (Å²) >= 11 is 0. The molecule has 0 unspecified atom stereocenters. The monoisotopic (exact) mass is 310 g/mol. The van der Waals surface area contributed by atoms with Crippen molar-refractivity contribution in [1.29, 1.82) is 0 Å². The number of ether oxygens (including phenoxy) is 1. The number of hydrogen-bond donors (Lipinski definition) is 2. The van der Waals surface area contributed by atoms with Gasteiger partial charge in [-0.2, -0.15) is 0 Å². The molecule has 1 aliphatic rings. The summed E-state index contributed by atoms with van der Waals surface area (Å²) < 4.78 is 27.8. The number of benzene rings is 1. The summed E-state index contributed by atoms with van der Waals surface area (Å²) in [5.74, 6) is 0.437. The van der Waals surface area contributed by atoms with E-state index in [2.05, 4.69) is 11.4 Å². The second-order valence-electron chi connectivity index (χ2n) is 4.92. The zero-order chi connectivity index (χ0) is 15.5. The van der Waals surface area contributed by atoms with E-state index in [4.69, 9.17) is 9.88 Å². The van der Waals surface area contributed by atoms with E-state index in [0.29, 0.717) is 17.9 Å². The molecule has 0 heterocycles. The maximum atomic E-state index is 12.0. The fraction of sp³-hybridized carbons (Fsp3) is 0.357. The summed E-state index contributed by atoms with van der Waals surface area (Å²) in [5, 5.41) is 7.77. The van der Waals surface area contributed by atoms with Crippen molar-refractivity contribution in [1.82, 2.24) is 0 Å². The summed E-state index contributed by atoms with van der Waals surface area (Å²) in [6.45, 7) is 0. The van der Waals surface area contributed by atoms with Gasteiger partial charge in [-0.1, -0.05) is 12.2 Å². The fourth-order valence-corrected chi connectivity index (χ4v) is 2.81. The van der Waals surface area contributed by atoms with Crippen molar-refractivity contribution < 1.29 is 17.9 Å². The summed E-state index contributed by atoms with van der Waals surface area (Å²) in [5.41, 5.74) is 0.302. The molecule has 2 rings (SSSR count). The molecular formula is C14H18N2O4S. The van der Waals surface area contributed by atoms with Gasteiger partial charge in [-0.3, -0.25) is 4.79 Å². The van der Waals surface area contributed by atoms with Crippen LogP contribution in [-0.2, 0) is 14.8 Å². The highest BCUT2D eigenvalue weighted by Gasteiger charge is 2.17. The lowest BCUT2D eigenvalue weighted by Gasteiger charge is -2.13. The number of methoxy groups -OCH3 is 1. The number of carbonyl (C=O) groups is 1. The summed E-state index contributed by atoms with van der Waals surface area (Å²) in [6.07, 6.45) is 6.39. The Bertz CT molecular complexity index is 668. The van der Waals surface area contributed by atoms with Gasteiger partial charge in [0, 0.05) is 6.42 Å². The Morgan fingerprint density at radius 3 is 2.81 bits per heavy atom. The minimum atomic E-state index is -3.83. The minimum Gasteiger partial charge on any atom is -0.495 e. The molecule has 1 atom stereocenters. The Balaban J connectivity index is 2.17. The van der Waals surface area contributed by atoms with Gasteiger partial charge in [-0.15, -0.1) is 0 Å². The van der Waals surface area contributed by atoms with Gasteiger partial charge in [-0.25, -0.2) is 13.6 Å². The molecule has 0 radical (unpaired) electrons. The van der Waals surface area contributed by atoms with Crippen molar-refractivity contribution in [3.63, 3.8) is 0 Å². The summed E-state index contributed by atoms with van der Waals surface area (Å²) in [6, 6.07) is 4.10. The molecule has 0 saturated carbocycles. The number of nitrogens with two attached hydrogens (primary N) is 1.